The van der Waals surface area contributed by atoms with E-state index < -0.39 is 0 Å². The van der Waals surface area contributed by atoms with Crippen molar-refractivity contribution >= 4 is 28.3 Å². The van der Waals surface area contributed by atoms with Crippen LogP contribution in [0, 0.1) is 5.82 Å². The Balaban J connectivity index is 1.91. The molecule has 0 fully saturated rings. The van der Waals surface area contributed by atoms with Crippen molar-refractivity contribution in [2.24, 2.45) is 0 Å². The molecule has 0 radical (unpaired) electrons. The maximum Gasteiger partial charge on any atom is 0.182 e. The minimum atomic E-state index is -0.347. The second kappa shape index (κ2) is 5.10. The van der Waals surface area contributed by atoms with E-state index >= 15 is 0 Å². The van der Waals surface area contributed by atoms with E-state index in [4.69, 9.17) is 11.6 Å². The molecule has 20 heavy (non-hydrogen) atoms. The van der Waals surface area contributed by atoms with E-state index in [1.807, 2.05) is 35.0 Å². The maximum absolute atomic E-state index is 12.8. The molecule has 0 saturated heterocycles. The van der Waals surface area contributed by atoms with Crippen LogP contribution in [-0.4, -0.2) is 10.4 Å². The fourth-order valence-corrected chi connectivity index (χ4v) is 2.34. The number of ketones is 1. The predicted octanol–water partition coefficient (Wildman–Crippen LogP) is 4.32. The van der Waals surface area contributed by atoms with E-state index in [2.05, 4.69) is 0 Å². The van der Waals surface area contributed by atoms with E-state index in [0.29, 0.717) is 10.6 Å². The lowest BCUT2D eigenvalue weighted by atomic mass is 10.1. The number of nitrogens with zero attached hydrogens (tertiary/aromatic N) is 1. The summed E-state index contributed by atoms with van der Waals surface area (Å²) in [6.45, 7) is 0.204. The largest absolute Gasteiger partial charge is 0.340 e. The first-order chi connectivity index (χ1) is 9.63. The molecular weight excluding hydrogens is 277 g/mol. The molecular formula is C16H11ClFNO. The summed E-state index contributed by atoms with van der Waals surface area (Å²) in [6, 6.07) is 13.1. The highest BCUT2D eigenvalue weighted by Crippen LogP contribution is 2.21. The maximum atomic E-state index is 12.8. The second-order valence-electron chi connectivity index (χ2n) is 4.58. The standard InChI is InChI=1S/C16H11ClFNO/c17-13-4-1-11-7-8-19(15(11)9-13)10-16(20)12-2-5-14(18)6-3-12/h1-9H,10H2. The smallest absolute Gasteiger partial charge is 0.182 e. The van der Waals surface area contributed by atoms with Gasteiger partial charge in [-0.2, -0.15) is 0 Å². The third kappa shape index (κ3) is 2.45. The Labute approximate surface area is 120 Å². The quantitative estimate of drug-likeness (QED) is 0.658. The van der Waals surface area contributed by atoms with E-state index in [0.717, 1.165) is 10.9 Å². The summed E-state index contributed by atoms with van der Waals surface area (Å²) >= 11 is 5.98. The molecule has 1 aromatic heterocycles. The van der Waals surface area contributed by atoms with Crippen molar-refractivity contribution in [1.82, 2.24) is 4.57 Å². The third-order valence-corrected chi connectivity index (χ3v) is 3.45. The zero-order valence-electron chi connectivity index (χ0n) is 10.5. The molecule has 2 aromatic carbocycles. The van der Waals surface area contributed by atoms with Crippen LogP contribution in [0.1, 0.15) is 10.4 Å². The summed E-state index contributed by atoms with van der Waals surface area (Å²) in [5.41, 5.74) is 1.41. The first kappa shape index (κ1) is 12.9. The lowest BCUT2D eigenvalue weighted by molar-refractivity contribution is 0.0973. The summed E-state index contributed by atoms with van der Waals surface area (Å²) in [6.07, 6.45) is 1.85. The average molecular weight is 288 g/mol. The van der Waals surface area contributed by atoms with Gasteiger partial charge in [-0.1, -0.05) is 17.7 Å². The van der Waals surface area contributed by atoms with Gasteiger partial charge in [-0.05, 0) is 47.9 Å². The molecule has 3 aromatic rings. The summed E-state index contributed by atoms with van der Waals surface area (Å²) in [5.74, 6) is -0.415. The highest BCUT2D eigenvalue weighted by atomic mass is 35.5. The number of hydrogen-bond donors (Lipinski definition) is 0. The van der Waals surface area contributed by atoms with Crippen molar-refractivity contribution in [1.29, 1.82) is 0 Å². The number of carbonyl (C=O) groups excluding carboxylic acids is 1. The van der Waals surface area contributed by atoms with Crippen LogP contribution in [0.25, 0.3) is 10.9 Å². The highest BCUT2D eigenvalue weighted by Gasteiger charge is 2.09. The monoisotopic (exact) mass is 287 g/mol. The van der Waals surface area contributed by atoms with E-state index in [9.17, 15) is 9.18 Å². The minimum Gasteiger partial charge on any atom is -0.340 e. The van der Waals surface area contributed by atoms with Crippen molar-refractivity contribution in [3.8, 4) is 0 Å². The summed E-state index contributed by atoms with van der Waals surface area (Å²) in [7, 11) is 0. The molecule has 0 bridgehead atoms. The third-order valence-electron chi connectivity index (χ3n) is 3.22. The van der Waals surface area contributed by atoms with Gasteiger partial charge in [0.25, 0.3) is 0 Å². The molecule has 0 atom stereocenters. The van der Waals surface area contributed by atoms with Crippen LogP contribution >= 0.6 is 11.6 Å². The molecule has 0 spiro atoms. The van der Waals surface area contributed by atoms with Crippen LogP contribution < -0.4 is 0 Å². The van der Waals surface area contributed by atoms with Crippen molar-refractivity contribution in [2.45, 2.75) is 6.54 Å². The van der Waals surface area contributed by atoms with Gasteiger partial charge >= 0.3 is 0 Å². The van der Waals surface area contributed by atoms with E-state index in [-0.39, 0.29) is 18.1 Å². The molecule has 0 aliphatic rings. The Hall–Kier alpha value is -2.13. The fraction of sp³-hybridized carbons (Fsp3) is 0.0625. The Kier molecular flexibility index (Phi) is 3.28. The van der Waals surface area contributed by atoms with Gasteiger partial charge in [0.1, 0.15) is 5.82 Å². The minimum absolute atomic E-state index is 0.0672. The van der Waals surface area contributed by atoms with Gasteiger partial charge in [0.2, 0.25) is 0 Å². The SMILES string of the molecule is O=C(Cn1ccc2ccc(Cl)cc21)c1ccc(F)cc1. The van der Waals surface area contributed by atoms with Crippen LogP contribution in [0.4, 0.5) is 4.39 Å². The number of fused-ring (bicyclic) bond motifs is 1. The zero-order chi connectivity index (χ0) is 14.1. The second-order valence-corrected chi connectivity index (χ2v) is 5.01. The first-order valence-corrected chi connectivity index (χ1v) is 6.54. The molecule has 0 amide bonds. The highest BCUT2D eigenvalue weighted by molar-refractivity contribution is 6.31. The summed E-state index contributed by atoms with van der Waals surface area (Å²) in [5, 5.41) is 1.66. The zero-order valence-corrected chi connectivity index (χ0v) is 11.3. The Morgan fingerprint density at radius 1 is 1.10 bits per heavy atom. The Morgan fingerprint density at radius 2 is 1.85 bits per heavy atom. The number of rotatable bonds is 3. The molecule has 1 heterocycles. The molecule has 0 N–H and O–H groups in total. The summed E-state index contributed by atoms with van der Waals surface area (Å²) in [4.78, 5) is 12.2. The van der Waals surface area contributed by atoms with Crippen LogP contribution in [0.3, 0.4) is 0 Å². The van der Waals surface area contributed by atoms with E-state index in [1.165, 1.54) is 24.3 Å². The van der Waals surface area contributed by atoms with Crippen LogP contribution in [-0.2, 0) is 6.54 Å². The van der Waals surface area contributed by atoms with Gasteiger partial charge in [0.05, 0.1) is 6.54 Å². The van der Waals surface area contributed by atoms with Gasteiger partial charge in [-0.25, -0.2) is 4.39 Å². The van der Waals surface area contributed by atoms with Crippen molar-refractivity contribution in [2.75, 3.05) is 0 Å². The van der Waals surface area contributed by atoms with Crippen molar-refractivity contribution < 1.29 is 9.18 Å². The molecule has 0 aliphatic heterocycles. The van der Waals surface area contributed by atoms with Gasteiger partial charge in [0, 0.05) is 22.3 Å². The van der Waals surface area contributed by atoms with Crippen molar-refractivity contribution in [3.05, 3.63) is 71.1 Å². The average Bonchev–Trinajstić information content (AvgIpc) is 2.82. The molecule has 2 nitrogen and oxygen atoms in total. The first-order valence-electron chi connectivity index (χ1n) is 6.17. The van der Waals surface area contributed by atoms with E-state index in [1.54, 1.807) is 0 Å². The van der Waals surface area contributed by atoms with Crippen LogP contribution in [0.5, 0.6) is 0 Å². The van der Waals surface area contributed by atoms with Gasteiger partial charge in [-0.3, -0.25) is 4.79 Å². The topological polar surface area (TPSA) is 22.0 Å². The molecule has 0 aliphatic carbocycles. The molecule has 0 unspecified atom stereocenters. The Morgan fingerprint density at radius 3 is 2.60 bits per heavy atom. The molecule has 100 valence electrons. The number of carbonyl (C=O) groups is 1. The van der Waals surface area contributed by atoms with Gasteiger partial charge in [-0.15, -0.1) is 0 Å². The molecule has 3 rings (SSSR count). The number of Topliss-reactive ketones (excluding diaryl/α,β-unsaturated/α-hetero) is 1. The number of halogens is 2. The van der Waals surface area contributed by atoms with Gasteiger partial charge < -0.3 is 4.57 Å². The normalized spacial score (nSPS) is 10.9. The summed E-state index contributed by atoms with van der Waals surface area (Å²) < 4.78 is 14.7. The fourth-order valence-electron chi connectivity index (χ4n) is 2.18. The Bertz CT molecular complexity index is 777. The van der Waals surface area contributed by atoms with Crippen molar-refractivity contribution in [3.63, 3.8) is 0 Å². The van der Waals surface area contributed by atoms with Crippen LogP contribution in [0.2, 0.25) is 5.02 Å². The lowest BCUT2D eigenvalue weighted by Crippen LogP contribution is -2.09. The predicted molar refractivity (Wildman–Crippen MR) is 77.7 cm³/mol. The molecule has 4 heteroatoms. The number of aromatic nitrogens is 1. The number of benzene rings is 2. The van der Waals surface area contributed by atoms with Gasteiger partial charge in [0.15, 0.2) is 5.78 Å². The van der Waals surface area contributed by atoms with Crippen LogP contribution in [0.15, 0.2) is 54.7 Å². The molecule has 0 saturated carbocycles. The lowest BCUT2D eigenvalue weighted by Gasteiger charge is -2.05. The number of hydrogen-bond acceptors (Lipinski definition) is 1.